The standard InChI is InChI=1S/C24H30FN7O2/c1-28-8-10-29(11-9-28)21-6-7-22(27-26-21)30-12-14-31(15-13-30)24(34)18-16-23(33)32(17-18)20-4-2-19(25)3-5-20/h2-7,18H,8-17H2,1H3. The molecule has 2 aromatic rings. The van der Waals surface area contributed by atoms with Gasteiger partial charge in [-0.25, -0.2) is 4.39 Å². The zero-order chi connectivity index (χ0) is 23.7. The van der Waals surface area contributed by atoms with Crippen LogP contribution >= 0.6 is 0 Å². The molecule has 3 fully saturated rings. The first-order chi connectivity index (χ1) is 16.5. The molecule has 3 saturated heterocycles. The second-order valence-electron chi connectivity index (χ2n) is 9.23. The molecule has 1 aromatic carbocycles. The van der Waals surface area contributed by atoms with Crippen molar-refractivity contribution in [2.24, 2.45) is 5.92 Å². The maximum atomic E-state index is 13.2. The number of hydrogen-bond acceptors (Lipinski definition) is 7. The molecule has 0 spiro atoms. The lowest BCUT2D eigenvalue weighted by Gasteiger charge is -2.36. The molecule has 5 rings (SSSR count). The number of nitrogens with zero attached hydrogens (tertiary/aromatic N) is 7. The van der Waals surface area contributed by atoms with Crippen LogP contribution in [0.25, 0.3) is 0 Å². The number of carbonyl (C=O) groups is 2. The van der Waals surface area contributed by atoms with E-state index in [1.54, 1.807) is 17.0 Å². The van der Waals surface area contributed by atoms with E-state index in [9.17, 15) is 14.0 Å². The third-order valence-electron chi connectivity index (χ3n) is 6.99. The van der Waals surface area contributed by atoms with Gasteiger partial charge in [-0.3, -0.25) is 9.59 Å². The van der Waals surface area contributed by atoms with Crippen molar-refractivity contribution in [3.05, 3.63) is 42.2 Å². The minimum atomic E-state index is -0.369. The Kier molecular flexibility index (Phi) is 6.32. The molecule has 1 aromatic heterocycles. The predicted molar refractivity (Wildman–Crippen MR) is 127 cm³/mol. The summed E-state index contributed by atoms with van der Waals surface area (Å²) < 4.78 is 13.2. The van der Waals surface area contributed by atoms with Crippen LogP contribution in [-0.2, 0) is 9.59 Å². The highest BCUT2D eigenvalue weighted by Gasteiger charge is 2.38. The number of amides is 2. The number of likely N-dealkylation sites (N-methyl/N-ethyl adjacent to an activating group) is 1. The Morgan fingerprint density at radius 2 is 1.41 bits per heavy atom. The van der Waals surface area contributed by atoms with Gasteiger partial charge in [-0.05, 0) is 43.4 Å². The smallest absolute Gasteiger partial charge is 0.228 e. The van der Waals surface area contributed by atoms with Crippen molar-refractivity contribution >= 4 is 29.1 Å². The first-order valence-electron chi connectivity index (χ1n) is 11.8. The number of halogens is 1. The monoisotopic (exact) mass is 467 g/mol. The van der Waals surface area contributed by atoms with Crippen LogP contribution in [0.15, 0.2) is 36.4 Å². The number of carbonyl (C=O) groups excluding carboxylic acids is 2. The molecule has 1 unspecified atom stereocenters. The van der Waals surface area contributed by atoms with E-state index >= 15 is 0 Å². The Hall–Kier alpha value is -3.27. The number of anilines is 3. The predicted octanol–water partition coefficient (Wildman–Crippen LogP) is 1.07. The summed E-state index contributed by atoms with van der Waals surface area (Å²) >= 11 is 0. The van der Waals surface area contributed by atoms with Crippen molar-refractivity contribution in [2.75, 3.05) is 80.7 Å². The fourth-order valence-electron chi connectivity index (χ4n) is 4.85. The lowest BCUT2D eigenvalue weighted by molar-refractivity contribution is -0.136. The molecule has 0 bridgehead atoms. The third-order valence-corrected chi connectivity index (χ3v) is 6.99. The summed E-state index contributed by atoms with van der Waals surface area (Å²) in [5.74, 6) is 0.922. The molecule has 0 saturated carbocycles. The Bertz CT molecular complexity index is 1020. The van der Waals surface area contributed by atoms with E-state index in [-0.39, 0.29) is 30.0 Å². The lowest BCUT2D eigenvalue weighted by atomic mass is 10.1. The van der Waals surface area contributed by atoms with E-state index in [0.29, 0.717) is 38.4 Å². The molecule has 3 aliphatic rings. The molecule has 4 heterocycles. The van der Waals surface area contributed by atoms with Gasteiger partial charge in [-0.15, -0.1) is 10.2 Å². The number of benzene rings is 1. The maximum absolute atomic E-state index is 13.2. The molecule has 34 heavy (non-hydrogen) atoms. The van der Waals surface area contributed by atoms with Crippen LogP contribution in [0.5, 0.6) is 0 Å². The topological polar surface area (TPSA) is 76.1 Å². The molecule has 0 N–H and O–H groups in total. The van der Waals surface area contributed by atoms with Crippen LogP contribution in [0.1, 0.15) is 6.42 Å². The van der Waals surface area contributed by atoms with Crippen LogP contribution in [-0.4, -0.2) is 97.8 Å². The van der Waals surface area contributed by atoms with E-state index in [2.05, 4.69) is 31.9 Å². The van der Waals surface area contributed by atoms with Crippen LogP contribution in [0, 0.1) is 11.7 Å². The molecule has 10 heteroatoms. The molecule has 3 aliphatic heterocycles. The quantitative estimate of drug-likeness (QED) is 0.666. The van der Waals surface area contributed by atoms with Gasteiger partial charge in [0.15, 0.2) is 11.6 Å². The summed E-state index contributed by atoms with van der Waals surface area (Å²) in [4.78, 5) is 35.7. The van der Waals surface area contributed by atoms with Gasteiger partial charge in [-0.1, -0.05) is 0 Å². The summed E-state index contributed by atoms with van der Waals surface area (Å²) in [6.45, 7) is 6.81. The molecular weight excluding hydrogens is 437 g/mol. The summed E-state index contributed by atoms with van der Waals surface area (Å²) in [6.07, 6.45) is 0.190. The Balaban J connectivity index is 1.14. The van der Waals surface area contributed by atoms with Gasteiger partial charge in [0, 0.05) is 71.0 Å². The normalized spacial score (nSPS) is 21.9. The number of rotatable bonds is 4. The Labute approximate surface area is 198 Å². The average Bonchev–Trinajstić information content (AvgIpc) is 3.26. The molecule has 180 valence electrons. The average molecular weight is 468 g/mol. The van der Waals surface area contributed by atoms with Crippen LogP contribution in [0.3, 0.4) is 0 Å². The van der Waals surface area contributed by atoms with Crippen molar-refractivity contribution in [2.45, 2.75) is 6.42 Å². The molecule has 1 atom stereocenters. The van der Waals surface area contributed by atoms with Gasteiger partial charge in [0.05, 0.1) is 5.92 Å². The van der Waals surface area contributed by atoms with Crippen molar-refractivity contribution in [3.63, 3.8) is 0 Å². The van der Waals surface area contributed by atoms with E-state index in [1.807, 2.05) is 17.0 Å². The summed E-state index contributed by atoms with van der Waals surface area (Å²) in [6, 6.07) is 9.85. The zero-order valence-corrected chi connectivity index (χ0v) is 19.4. The van der Waals surface area contributed by atoms with E-state index in [4.69, 9.17) is 0 Å². The van der Waals surface area contributed by atoms with Crippen molar-refractivity contribution in [3.8, 4) is 0 Å². The maximum Gasteiger partial charge on any atom is 0.228 e. The van der Waals surface area contributed by atoms with Crippen molar-refractivity contribution < 1.29 is 14.0 Å². The van der Waals surface area contributed by atoms with Crippen LogP contribution < -0.4 is 14.7 Å². The van der Waals surface area contributed by atoms with E-state index in [0.717, 1.165) is 37.8 Å². The SMILES string of the molecule is CN1CCN(c2ccc(N3CCN(C(=O)C4CC(=O)N(c5ccc(F)cc5)C4)CC3)nn2)CC1. The molecule has 2 amide bonds. The largest absolute Gasteiger partial charge is 0.353 e. The van der Waals surface area contributed by atoms with Crippen LogP contribution in [0.2, 0.25) is 0 Å². The number of hydrogen-bond donors (Lipinski definition) is 0. The fourth-order valence-corrected chi connectivity index (χ4v) is 4.85. The van der Waals surface area contributed by atoms with Crippen molar-refractivity contribution in [1.82, 2.24) is 20.0 Å². The van der Waals surface area contributed by atoms with E-state index in [1.165, 1.54) is 12.1 Å². The van der Waals surface area contributed by atoms with Gasteiger partial charge in [0.25, 0.3) is 0 Å². The molecule has 9 nitrogen and oxygen atoms in total. The molecule has 0 radical (unpaired) electrons. The summed E-state index contributed by atoms with van der Waals surface area (Å²) in [5.41, 5.74) is 0.630. The fraction of sp³-hybridized carbons (Fsp3) is 0.500. The molecule has 0 aliphatic carbocycles. The minimum absolute atomic E-state index is 0.00844. The van der Waals surface area contributed by atoms with E-state index < -0.39 is 0 Å². The zero-order valence-electron chi connectivity index (χ0n) is 19.4. The molecular formula is C24H30FN7O2. The van der Waals surface area contributed by atoms with Gasteiger partial charge in [0.1, 0.15) is 5.82 Å². The van der Waals surface area contributed by atoms with Gasteiger partial charge in [0.2, 0.25) is 11.8 Å². The Morgan fingerprint density at radius 1 is 0.853 bits per heavy atom. The summed E-state index contributed by atoms with van der Waals surface area (Å²) in [7, 11) is 2.13. The Morgan fingerprint density at radius 3 is 1.97 bits per heavy atom. The van der Waals surface area contributed by atoms with Gasteiger partial charge in [-0.2, -0.15) is 0 Å². The van der Waals surface area contributed by atoms with Gasteiger partial charge >= 0.3 is 0 Å². The lowest BCUT2D eigenvalue weighted by Crippen LogP contribution is -2.51. The first-order valence-corrected chi connectivity index (χ1v) is 11.8. The highest BCUT2D eigenvalue weighted by atomic mass is 19.1. The second kappa shape index (κ2) is 9.54. The summed E-state index contributed by atoms with van der Waals surface area (Å²) in [5, 5.41) is 8.88. The minimum Gasteiger partial charge on any atom is -0.353 e. The highest BCUT2D eigenvalue weighted by Crippen LogP contribution is 2.27. The highest BCUT2D eigenvalue weighted by molar-refractivity contribution is 6.00. The number of aromatic nitrogens is 2. The van der Waals surface area contributed by atoms with Crippen molar-refractivity contribution in [1.29, 1.82) is 0 Å². The second-order valence-corrected chi connectivity index (χ2v) is 9.23. The van der Waals surface area contributed by atoms with Gasteiger partial charge < -0.3 is 24.5 Å². The number of piperazine rings is 2. The first kappa shape index (κ1) is 22.5. The van der Waals surface area contributed by atoms with Crippen LogP contribution in [0.4, 0.5) is 21.7 Å². The third kappa shape index (κ3) is 4.68.